The van der Waals surface area contributed by atoms with Gasteiger partial charge < -0.3 is 29.9 Å². The lowest BCUT2D eigenvalue weighted by Crippen LogP contribution is -2.01. The summed E-state index contributed by atoms with van der Waals surface area (Å²) in [7, 11) is 0. The molecule has 0 unspecified atom stereocenters. The average Bonchev–Trinajstić information content (AvgIpc) is 1.39. The number of hydrogen-bond acceptors (Lipinski definition) is 8. The van der Waals surface area contributed by atoms with Crippen molar-refractivity contribution in [3.8, 4) is 102 Å². The smallest absolute Gasteiger partial charge is 0.0901 e. The molecule has 450 valence electrons. The minimum Gasteiger partial charge on any atom is -0.358 e. The summed E-state index contributed by atoms with van der Waals surface area (Å²) >= 11 is 0. The zero-order valence-corrected chi connectivity index (χ0v) is 51.5. The molecule has 0 spiro atoms. The maximum absolute atomic E-state index is 6.01. The molecule has 3 aliphatic rings. The van der Waals surface area contributed by atoms with Gasteiger partial charge in [0.15, 0.2) is 0 Å². The largest absolute Gasteiger partial charge is 0.358 e. The Balaban J connectivity index is 0.864. The van der Waals surface area contributed by atoms with E-state index in [2.05, 4.69) is 234 Å². The van der Waals surface area contributed by atoms with E-state index in [1.54, 1.807) is 0 Å². The highest BCUT2D eigenvalue weighted by atomic mass is 14.9. The SMILES string of the molecule is c1cc2c3[nH]c(cc3c1)Cc1cc3cccc(c3[nH]1)-c1nc(cc3c4nc(cc13)-c1cc3c5nc(cc3c(n1)-c1cccc3cc([nH]c13)Cc1cc3cccc-4c3[nH]1)-c1cc3cnccc3c(n1)-c1cccc3cc([nH]c13)Cc1cc3cccc-5c3[nH]1)-c1cc3cnccc3c-2n1. The third-order valence-corrected chi connectivity index (χ3v) is 20.6. The molecular formula is C83H48N14. The molecule has 0 saturated heterocycles. The Morgan fingerprint density at radius 1 is 0.216 bits per heavy atom. The first-order valence-electron chi connectivity index (χ1n) is 32.8. The topological polar surface area (TPSA) is 198 Å². The lowest BCUT2D eigenvalue weighted by molar-refractivity contribution is 1.07. The Labute approximate surface area is 549 Å². The van der Waals surface area contributed by atoms with Crippen molar-refractivity contribution >= 4 is 109 Å². The van der Waals surface area contributed by atoms with Crippen LogP contribution >= 0.6 is 0 Å². The van der Waals surface area contributed by atoms with Crippen molar-refractivity contribution < 1.29 is 0 Å². The molecule has 14 aromatic heterocycles. The van der Waals surface area contributed by atoms with Crippen LogP contribution in [-0.2, 0) is 19.3 Å². The van der Waals surface area contributed by atoms with Crippen LogP contribution in [0.1, 0.15) is 34.2 Å². The minimum absolute atomic E-state index is 0.621. The number of aromatic amines is 6. The normalized spacial score (nSPS) is 13.0. The summed E-state index contributed by atoms with van der Waals surface area (Å²) in [6.07, 6.45) is 9.50. The Kier molecular flexibility index (Phi) is 9.93. The van der Waals surface area contributed by atoms with Crippen molar-refractivity contribution in [3.05, 3.63) is 253 Å². The first kappa shape index (κ1) is 51.3. The average molecular weight is 1240 g/mol. The van der Waals surface area contributed by atoms with Gasteiger partial charge in [0.2, 0.25) is 0 Å². The van der Waals surface area contributed by atoms with Crippen LogP contribution in [0.5, 0.6) is 0 Å². The van der Waals surface area contributed by atoms with Gasteiger partial charge >= 0.3 is 0 Å². The van der Waals surface area contributed by atoms with E-state index < -0.39 is 0 Å². The lowest BCUT2D eigenvalue weighted by Gasteiger charge is -2.18. The van der Waals surface area contributed by atoms with E-state index in [-0.39, 0.29) is 0 Å². The van der Waals surface area contributed by atoms with E-state index >= 15 is 0 Å². The number of nitrogens with zero attached hydrogens (tertiary/aromatic N) is 8. The quantitative estimate of drug-likeness (QED) is 0.0862. The van der Waals surface area contributed by atoms with Gasteiger partial charge in [0.25, 0.3) is 0 Å². The van der Waals surface area contributed by atoms with Gasteiger partial charge in [-0.1, -0.05) is 109 Å². The number of rotatable bonds is 0. The van der Waals surface area contributed by atoms with E-state index in [0.717, 1.165) is 210 Å². The zero-order valence-electron chi connectivity index (χ0n) is 51.5. The van der Waals surface area contributed by atoms with Gasteiger partial charge in [-0.05, 0) is 84.9 Å². The Bertz CT molecular complexity index is 6530. The van der Waals surface area contributed by atoms with Crippen LogP contribution in [0.25, 0.3) is 210 Å². The Hall–Kier alpha value is -13.2. The molecule has 0 saturated carbocycles. The number of nitrogens with one attached hydrogen (secondary N) is 6. The van der Waals surface area contributed by atoms with Gasteiger partial charge in [0.1, 0.15) is 0 Å². The molecule has 97 heavy (non-hydrogen) atoms. The van der Waals surface area contributed by atoms with Crippen LogP contribution in [0.15, 0.2) is 219 Å². The highest BCUT2D eigenvalue weighted by Crippen LogP contribution is 2.48. The summed E-state index contributed by atoms with van der Waals surface area (Å²) in [5.41, 5.74) is 27.2. The van der Waals surface area contributed by atoms with Crippen molar-refractivity contribution in [3.63, 3.8) is 0 Å². The molecule has 3 aliphatic heterocycles. The molecule has 0 radical (unpaired) electrons. The van der Waals surface area contributed by atoms with Crippen LogP contribution in [0.2, 0.25) is 0 Å². The number of para-hydroxylation sites is 6. The summed E-state index contributed by atoms with van der Waals surface area (Å²) in [5.74, 6) is 0. The second kappa shape index (κ2) is 18.8. The fraction of sp³-hybridized carbons (Fsp3) is 0.0361. The summed E-state index contributed by atoms with van der Waals surface area (Å²) in [6.45, 7) is 0. The lowest BCUT2D eigenvalue weighted by atomic mass is 9.94. The van der Waals surface area contributed by atoms with Crippen molar-refractivity contribution in [1.82, 2.24) is 69.8 Å². The second-order valence-corrected chi connectivity index (χ2v) is 26.4. The molecule has 0 amide bonds. The van der Waals surface area contributed by atoms with E-state index in [1.165, 1.54) is 0 Å². The molecule has 0 aliphatic carbocycles. The highest BCUT2D eigenvalue weighted by Gasteiger charge is 2.28. The molecule has 6 N–H and O–H groups in total. The van der Waals surface area contributed by atoms with Crippen LogP contribution in [0, 0.1) is 0 Å². The molecule has 20 aromatic rings. The molecule has 14 nitrogen and oxygen atoms in total. The van der Waals surface area contributed by atoms with Gasteiger partial charge in [-0.15, -0.1) is 0 Å². The van der Waals surface area contributed by atoms with E-state index in [4.69, 9.17) is 29.9 Å². The van der Waals surface area contributed by atoms with Crippen molar-refractivity contribution in [2.45, 2.75) is 19.3 Å². The second-order valence-electron chi connectivity index (χ2n) is 26.4. The van der Waals surface area contributed by atoms with Gasteiger partial charge in [0.05, 0.1) is 101 Å². The number of hydrogen-bond donors (Lipinski definition) is 6. The predicted molar refractivity (Wildman–Crippen MR) is 387 cm³/mol. The summed E-state index contributed by atoms with van der Waals surface area (Å²) in [5, 5.41) is 14.1. The first-order chi connectivity index (χ1) is 47.9. The summed E-state index contributed by atoms with van der Waals surface area (Å²) < 4.78 is 0. The van der Waals surface area contributed by atoms with Crippen LogP contribution in [0.3, 0.4) is 0 Å². The molecule has 23 rings (SSSR count). The van der Waals surface area contributed by atoms with Crippen LogP contribution in [-0.4, -0.2) is 69.8 Å². The molecule has 17 heterocycles. The number of pyridine rings is 8. The van der Waals surface area contributed by atoms with E-state index in [1.807, 2.05) is 24.8 Å². The van der Waals surface area contributed by atoms with Gasteiger partial charge in [-0.3, -0.25) is 9.97 Å². The molecule has 0 atom stereocenters. The van der Waals surface area contributed by atoms with Crippen molar-refractivity contribution in [1.29, 1.82) is 0 Å². The maximum atomic E-state index is 6.01. The number of H-pyrrole nitrogens is 6. The summed E-state index contributed by atoms with van der Waals surface area (Å²) in [6, 6.07) is 70.0. The van der Waals surface area contributed by atoms with Gasteiger partial charge in [-0.25, -0.2) is 29.9 Å². The van der Waals surface area contributed by atoms with E-state index in [9.17, 15) is 0 Å². The molecule has 24 bridgehead atoms. The molecule has 14 heteroatoms. The molecule has 6 aromatic carbocycles. The zero-order chi connectivity index (χ0) is 62.9. The number of fused-ring (bicyclic) bond motifs is 37. The van der Waals surface area contributed by atoms with Crippen LogP contribution in [0.4, 0.5) is 0 Å². The van der Waals surface area contributed by atoms with Gasteiger partial charge in [0, 0.05) is 187 Å². The Morgan fingerprint density at radius 2 is 0.443 bits per heavy atom. The monoisotopic (exact) mass is 1240 g/mol. The highest BCUT2D eigenvalue weighted by molar-refractivity contribution is 6.15. The third-order valence-electron chi connectivity index (χ3n) is 20.6. The minimum atomic E-state index is 0.621. The molecule has 0 fully saturated rings. The number of aromatic nitrogens is 14. The standard InChI is InChI=1S/C83H48N14/c1-7-40-23-48-31-50-25-42-9-3-15-58(74(42)88-50)80-64-36-70-71-37-65-63(35-69-67-30-47-39-85-22-20-55(47)79(93-67)57-14-2-8-41-24-49(87-73(41)57)32-51-26-43-10-4-16-59(75(43)89-51)81(65)95-69)83(97-71)61-18-6-12-45-28-53(91-77(45)61)33-52-27-44-11-5-17-60(76(44)90-52)82(96-70)62(64)34-68(94-80)66-29-46-38-84-21-19-54(46)78(92-66)56(13-1)72(40)86-48/h1-30,34-39,86-91H,31-33H2. The van der Waals surface area contributed by atoms with Crippen molar-refractivity contribution in [2.24, 2.45) is 0 Å². The first-order valence-corrected chi connectivity index (χ1v) is 32.8. The summed E-state index contributed by atoms with van der Waals surface area (Å²) in [4.78, 5) is 68.1. The number of benzene rings is 6. The van der Waals surface area contributed by atoms with E-state index in [0.29, 0.717) is 53.4 Å². The predicted octanol–water partition coefficient (Wildman–Crippen LogP) is 19.1. The van der Waals surface area contributed by atoms with Crippen LogP contribution < -0.4 is 0 Å². The Morgan fingerprint density at radius 3 is 0.691 bits per heavy atom. The fourth-order valence-electron chi connectivity index (χ4n) is 16.4. The van der Waals surface area contributed by atoms with Crippen molar-refractivity contribution in [2.75, 3.05) is 0 Å². The van der Waals surface area contributed by atoms with Gasteiger partial charge in [-0.2, -0.15) is 0 Å². The maximum Gasteiger partial charge on any atom is 0.0901 e. The fourth-order valence-corrected chi connectivity index (χ4v) is 16.4. The third kappa shape index (κ3) is 7.48. The molecular weight excluding hydrogens is 1190 g/mol.